The first kappa shape index (κ1) is 18.0. The van der Waals surface area contributed by atoms with Gasteiger partial charge in [-0.05, 0) is 55.5 Å². The van der Waals surface area contributed by atoms with Crippen LogP contribution in [-0.4, -0.2) is 42.1 Å². The number of carbonyl (C=O) groups excluding carboxylic acids is 1. The Morgan fingerprint density at radius 2 is 2.26 bits per heavy atom. The van der Waals surface area contributed by atoms with Crippen LogP contribution in [0, 0.1) is 11.8 Å². The topological polar surface area (TPSA) is 51.7 Å². The van der Waals surface area contributed by atoms with E-state index in [4.69, 9.17) is 9.47 Å². The first-order valence-corrected chi connectivity index (χ1v) is 9.57. The van der Waals surface area contributed by atoms with E-state index in [9.17, 15) is 4.79 Å². The second-order valence-corrected chi connectivity index (χ2v) is 7.56. The molecule has 2 bridgehead atoms. The number of nitrogens with zero attached hydrogens (tertiary/aromatic N) is 2. The second-order valence-electron chi connectivity index (χ2n) is 7.56. The molecule has 5 nitrogen and oxygen atoms in total. The number of rotatable bonds is 5. The van der Waals surface area contributed by atoms with Crippen LogP contribution < -0.4 is 4.74 Å². The molecule has 2 aromatic rings. The van der Waals surface area contributed by atoms with Crippen molar-refractivity contribution in [1.29, 1.82) is 0 Å². The van der Waals surface area contributed by atoms with Gasteiger partial charge in [0.1, 0.15) is 11.9 Å². The Balaban J connectivity index is 1.76. The predicted molar refractivity (Wildman–Crippen MR) is 105 cm³/mol. The highest BCUT2D eigenvalue weighted by atomic mass is 16.5. The van der Waals surface area contributed by atoms with E-state index in [2.05, 4.69) is 22.5 Å². The molecule has 142 valence electrons. The Hall–Kier alpha value is -2.40. The van der Waals surface area contributed by atoms with Gasteiger partial charge in [0.05, 0.1) is 18.7 Å². The molecule has 27 heavy (non-hydrogen) atoms. The van der Waals surface area contributed by atoms with Crippen LogP contribution in [0.5, 0.6) is 5.75 Å². The van der Waals surface area contributed by atoms with E-state index in [1.54, 1.807) is 13.3 Å². The van der Waals surface area contributed by atoms with Crippen molar-refractivity contribution in [2.24, 2.45) is 11.8 Å². The molecule has 0 radical (unpaired) electrons. The fraction of sp³-hybridized carbons (Fsp3) is 0.455. The monoisotopic (exact) mass is 366 g/mol. The molecule has 3 aliphatic heterocycles. The van der Waals surface area contributed by atoms with Gasteiger partial charge in [0, 0.05) is 30.6 Å². The quantitative estimate of drug-likeness (QED) is 0.596. The molecule has 3 unspecified atom stereocenters. The third kappa shape index (κ3) is 3.32. The molecular weight excluding hydrogens is 340 g/mol. The smallest absolute Gasteiger partial charge is 0.303 e. The Morgan fingerprint density at radius 1 is 1.41 bits per heavy atom. The predicted octanol–water partition coefficient (Wildman–Crippen LogP) is 3.74. The van der Waals surface area contributed by atoms with Crippen LogP contribution in [0.2, 0.25) is 0 Å². The maximum Gasteiger partial charge on any atom is 0.303 e. The highest BCUT2D eigenvalue weighted by Gasteiger charge is 2.44. The van der Waals surface area contributed by atoms with Crippen LogP contribution in [0.3, 0.4) is 0 Å². The van der Waals surface area contributed by atoms with E-state index >= 15 is 0 Å². The number of esters is 1. The van der Waals surface area contributed by atoms with Gasteiger partial charge in [-0.3, -0.25) is 14.7 Å². The van der Waals surface area contributed by atoms with Crippen molar-refractivity contribution >= 4 is 16.9 Å². The lowest BCUT2D eigenvalue weighted by Gasteiger charge is -2.51. The van der Waals surface area contributed by atoms with Gasteiger partial charge in [-0.25, -0.2) is 0 Å². The summed E-state index contributed by atoms with van der Waals surface area (Å²) in [5.74, 6) is 1.66. The van der Waals surface area contributed by atoms with Crippen LogP contribution >= 0.6 is 0 Å². The van der Waals surface area contributed by atoms with Crippen LogP contribution in [0.1, 0.15) is 31.4 Å². The number of fused-ring (bicyclic) bond motifs is 4. The summed E-state index contributed by atoms with van der Waals surface area (Å²) < 4.78 is 11.3. The molecule has 5 atom stereocenters. The third-order valence-corrected chi connectivity index (χ3v) is 6.09. The number of piperidine rings is 3. The van der Waals surface area contributed by atoms with E-state index in [-0.39, 0.29) is 18.1 Å². The van der Waals surface area contributed by atoms with Crippen molar-refractivity contribution < 1.29 is 14.3 Å². The molecule has 0 N–H and O–H groups in total. The van der Waals surface area contributed by atoms with Crippen LogP contribution in [0.4, 0.5) is 0 Å². The molecule has 0 saturated carbocycles. The number of pyridine rings is 1. The molecule has 1 aromatic heterocycles. The number of ether oxygens (including phenoxy) is 2. The molecule has 0 amide bonds. The fourth-order valence-electron chi connectivity index (χ4n) is 4.74. The van der Waals surface area contributed by atoms with Gasteiger partial charge in [0.2, 0.25) is 0 Å². The van der Waals surface area contributed by atoms with E-state index in [0.717, 1.165) is 41.7 Å². The Kier molecular flexibility index (Phi) is 4.87. The summed E-state index contributed by atoms with van der Waals surface area (Å²) >= 11 is 0. The summed E-state index contributed by atoms with van der Waals surface area (Å²) in [4.78, 5) is 18.9. The minimum absolute atomic E-state index is 0.181. The van der Waals surface area contributed by atoms with Crippen molar-refractivity contribution in [2.75, 3.05) is 20.2 Å². The molecule has 3 fully saturated rings. The van der Waals surface area contributed by atoms with E-state index in [1.165, 1.54) is 13.3 Å². The average Bonchev–Trinajstić information content (AvgIpc) is 2.71. The zero-order valence-electron chi connectivity index (χ0n) is 15.9. The largest absolute Gasteiger partial charge is 0.497 e. The van der Waals surface area contributed by atoms with Crippen LogP contribution in [-0.2, 0) is 9.53 Å². The van der Waals surface area contributed by atoms with Crippen molar-refractivity contribution in [3.63, 3.8) is 0 Å². The Morgan fingerprint density at radius 3 is 2.93 bits per heavy atom. The number of hydrogen-bond acceptors (Lipinski definition) is 5. The zero-order valence-corrected chi connectivity index (χ0v) is 15.9. The van der Waals surface area contributed by atoms with Gasteiger partial charge < -0.3 is 9.47 Å². The molecule has 5 rings (SSSR count). The van der Waals surface area contributed by atoms with Gasteiger partial charge in [0.25, 0.3) is 0 Å². The molecule has 1 aromatic carbocycles. The Bertz CT molecular complexity index is 866. The fourth-order valence-corrected chi connectivity index (χ4v) is 4.74. The van der Waals surface area contributed by atoms with E-state index in [0.29, 0.717) is 11.8 Å². The standard InChI is InChI=1S/C22H26N2O3/c1-4-15-13-24-10-8-16(15)11-21(24)22(27-14(2)25)18-7-9-23-20-6-5-17(26-3)12-19(18)20/h4-7,9,12,15-16,21-22H,1,8,10-11,13H2,2-3H3/t15?,16?,21-,22+/m0/s1. The van der Waals surface area contributed by atoms with Crippen LogP contribution in [0.15, 0.2) is 43.1 Å². The van der Waals surface area contributed by atoms with Gasteiger partial charge >= 0.3 is 5.97 Å². The maximum absolute atomic E-state index is 12.0. The summed E-state index contributed by atoms with van der Waals surface area (Å²) in [6.07, 6.45) is 5.77. The molecule has 3 aliphatic rings. The number of benzene rings is 1. The van der Waals surface area contributed by atoms with E-state index in [1.807, 2.05) is 24.3 Å². The molecule has 0 aliphatic carbocycles. The maximum atomic E-state index is 12.0. The summed E-state index contributed by atoms with van der Waals surface area (Å²) in [6.45, 7) is 7.53. The Labute approximate surface area is 160 Å². The minimum atomic E-state index is -0.311. The lowest BCUT2D eigenvalue weighted by Crippen LogP contribution is -2.55. The molecule has 3 saturated heterocycles. The summed E-state index contributed by atoms with van der Waals surface area (Å²) in [7, 11) is 1.65. The molecule has 0 spiro atoms. The lowest BCUT2D eigenvalue weighted by atomic mass is 9.73. The van der Waals surface area contributed by atoms with Gasteiger partial charge in [-0.15, -0.1) is 6.58 Å². The normalized spacial score (nSPS) is 27.9. The van der Waals surface area contributed by atoms with Crippen molar-refractivity contribution in [2.45, 2.75) is 31.9 Å². The first-order valence-electron chi connectivity index (χ1n) is 9.57. The average molecular weight is 366 g/mol. The first-order chi connectivity index (χ1) is 13.1. The summed E-state index contributed by atoms with van der Waals surface area (Å²) in [5.41, 5.74) is 1.88. The van der Waals surface area contributed by atoms with Crippen LogP contribution in [0.25, 0.3) is 10.9 Å². The highest BCUT2D eigenvalue weighted by molar-refractivity contribution is 5.84. The zero-order chi connectivity index (χ0) is 19.0. The molecule has 5 heteroatoms. The number of aromatic nitrogens is 1. The lowest BCUT2D eigenvalue weighted by molar-refractivity contribution is -0.154. The van der Waals surface area contributed by atoms with Gasteiger partial charge in [-0.1, -0.05) is 6.08 Å². The molecule has 4 heterocycles. The van der Waals surface area contributed by atoms with E-state index < -0.39 is 0 Å². The number of carbonyl (C=O) groups is 1. The van der Waals surface area contributed by atoms with Gasteiger partial charge in [0.15, 0.2) is 0 Å². The SMILES string of the molecule is C=CC1CN2CCC1C[C@H]2[C@H](OC(C)=O)c1ccnc2ccc(OC)cc12. The summed E-state index contributed by atoms with van der Waals surface area (Å²) in [5, 5.41) is 0.978. The van der Waals surface area contributed by atoms with Crippen molar-refractivity contribution in [3.8, 4) is 5.75 Å². The number of methoxy groups -OCH3 is 1. The summed E-state index contributed by atoms with van der Waals surface area (Å²) in [6, 6.07) is 7.99. The van der Waals surface area contributed by atoms with Crippen molar-refractivity contribution in [1.82, 2.24) is 9.88 Å². The van der Waals surface area contributed by atoms with Gasteiger partial charge in [-0.2, -0.15) is 0 Å². The highest BCUT2D eigenvalue weighted by Crippen LogP contribution is 2.43. The second kappa shape index (κ2) is 7.31. The minimum Gasteiger partial charge on any atom is -0.497 e. The number of hydrogen-bond donors (Lipinski definition) is 0. The molecular formula is C22H26N2O3. The third-order valence-electron chi connectivity index (χ3n) is 6.09. The van der Waals surface area contributed by atoms with Crippen molar-refractivity contribution in [3.05, 3.63) is 48.7 Å².